The second kappa shape index (κ2) is 4.33. The van der Waals surface area contributed by atoms with Gasteiger partial charge in [-0.15, -0.1) is 11.3 Å². The Balaban J connectivity index is 1.82. The maximum atomic E-state index is 12.1. The molecule has 0 aromatic carbocycles. The predicted molar refractivity (Wildman–Crippen MR) is 66.6 cm³/mol. The number of aromatic nitrogens is 2. The number of likely N-dealkylation sites (tertiary alicyclic amines) is 1. The highest BCUT2D eigenvalue weighted by atomic mass is 32.1. The molecule has 88 valence electrons. The van der Waals surface area contributed by atoms with Crippen LogP contribution in [0.3, 0.4) is 0 Å². The van der Waals surface area contributed by atoms with E-state index in [4.69, 9.17) is 0 Å². The van der Waals surface area contributed by atoms with Crippen molar-refractivity contribution in [3.63, 3.8) is 0 Å². The van der Waals surface area contributed by atoms with E-state index >= 15 is 0 Å². The van der Waals surface area contributed by atoms with Gasteiger partial charge >= 0.3 is 0 Å². The number of hydrogen-bond acceptors (Lipinski definition) is 3. The van der Waals surface area contributed by atoms with Crippen LogP contribution in [0.2, 0.25) is 0 Å². The summed E-state index contributed by atoms with van der Waals surface area (Å²) in [7, 11) is 0. The Morgan fingerprint density at radius 1 is 1.24 bits per heavy atom. The van der Waals surface area contributed by atoms with E-state index in [-0.39, 0.29) is 5.91 Å². The third-order valence-electron chi connectivity index (χ3n) is 2.93. The van der Waals surface area contributed by atoms with E-state index in [2.05, 4.69) is 4.98 Å². The second-order valence-electron chi connectivity index (χ2n) is 4.10. The predicted octanol–water partition coefficient (Wildman–Crippen LogP) is 2.17. The summed E-state index contributed by atoms with van der Waals surface area (Å²) in [6.07, 6.45) is 6.09. The zero-order chi connectivity index (χ0) is 11.7. The van der Waals surface area contributed by atoms with Crippen LogP contribution in [0, 0.1) is 0 Å². The van der Waals surface area contributed by atoms with Crippen LogP contribution in [0.15, 0.2) is 29.9 Å². The van der Waals surface area contributed by atoms with E-state index in [1.807, 2.05) is 39.4 Å². The average molecular weight is 247 g/mol. The van der Waals surface area contributed by atoms with Gasteiger partial charge in [0.2, 0.25) is 0 Å². The molecule has 0 spiro atoms. The molecule has 0 atom stereocenters. The number of carbonyl (C=O) groups excluding carboxylic acids is 1. The first-order valence-corrected chi connectivity index (χ1v) is 6.61. The smallest absolute Gasteiger partial charge is 0.273 e. The number of amides is 1. The molecule has 5 heteroatoms. The molecule has 0 aliphatic carbocycles. The summed E-state index contributed by atoms with van der Waals surface area (Å²) in [5.74, 6) is 0.0668. The Kier molecular flexibility index (Phi) is 2.68. The first-order chi connectivity index (χ1) is 8.34. The van der Waals surface area contributed by atoms with Gasteiger partial charge in [0, 0.05) is 30.9 Å². The average Bonchev–Trinajstić information content (AvgIpc) is 3.09. The van der Waals surface area contributed by atoms with Gasteiger partial charge in [-0.25, -0.2) is 4.98 Å². The number of nitrogens with zero attached hydrogens (tertiary/aromatic N) is 3. The molecular weight excluding hydrogens is 234 g/mol. The van der Waals surface area contributed by atoms with Gasteiger partial charge in [-0.1, -0.05) is 0 Å². The minimum Gasteiger partial charge on any atom is -0.337 e. The summed E-state index contributed by atoms with van der Waals surface area (Å²) in [5, 5.41) is 2.69. The van der Waals surface area contributed by atoms with Crippen LogP contribution >= 0.6 is 11.3 Å². The van der Waals surface area contributed by atoms with E-state index in [1.54, 1.807) is 0 Å². The standard InChI is InChI=1S/C12H13N3OS/c16-11(14-5-1-2-6-14)10-9-17-12(13-10)15-7-3-4-8-15/h3-4,7-9H,1-2,5-6H2. The fraction of sp³-hybridized carbons (Fsp3) is 0.333. The van der Waals surface area contributed by atoms with Crippen molar-refractivity contribution in [2.45, 2.75) is 12.8 Å². The molecule has 1 aliphatic heterocycles. The molecule has 1 amide bonds. The monoisotopic (exact) mass is 247 g/mol. The van der Waals surface area contributed by atoms with E-state index in [0.717, 1.165) is 31.1 Å². The van der Waals surface area contributed by atoms with Gasteiger partial charge in [0.1, 0.15) is 5.69 Å². The molecule has 3 heterocycles. The van der Waals surface area contributed by atoms with Crippen LogP contribution in [-0.2, 0) is 0 Å². The van der Waals surface area contributed by atoms with Crippen LogP contribution in [0.25, 0.3) is 5.13 Å². The Labute approximate surface area is 104 Å². The van der Waals surface area contributed by atoms with E-state index in [9.17, 15) is 4.79 Å². The van der Waals surface area contributed by atoms with Gasteiger partial charge in [-0.05, 0) is 25.0 Å². The van der Waals surface area contributed by atoms with Gasteiger partial charge in [0.05, 0.1) is 0 Å². The number of carbonyl (C=O) groups is 1. The van der Waals surface area contributed by atoms with Gasteiger partial charge in [-0.3, -0.25) is 4.79 Å². The Bertz CT molecular complexity index is 512. The highest BCUT2D eigenvalue weighted by Gasteiger charge is 2.21. The van der Waals surface area contributed by atoms with E-state index in [0.29, 0.717) is 5.69 Å². The largest absolute Gasteiger partial charge is 0.337 e. The highest BCUT2D eigenvalue weighted by Crippen LogP contribution is 2.18. The van der Waals surface area contributed by atoms with Crippen molar-refractivity contribution in [3.8, 4) is 5.13 Å². The summed E-state index contributed by atoms with van der Waals surface area (Å²) in [5.41, 5.74) is 0.570. The van der Waals surface area contributed by atoms with Gasteiger partial charge in [0.25, 0.3) is 5.91 Å². The number of hydrogen-bond donors (Lipinski definition) is 0. The number of thiazole rings is 1. The molecule has 3 rings (SSSR count). The molecule has 2 aromatic heterocycles. The molecule has 0 radical (unpaired) electrons. The first-order valence-electron chi connectivity index (χ1n) is 5.73. The number of rotatable bonds is 2. The van der Waals surface area contributed by atoms with Crippen LogP contribution in [0.5, 0.6) is 0 Å². The molecule has 2 aromatic rings. The molecule has 1 saturated heterocycles. The molecule has 4 nitrogen and oxygen atoms in total. The highest BCUT2D eigenvalue weighted by molar-refractivity contribution is 7.12. The zero-order valence-corrected chi connectivity index (χ0v) is 10.2. The quantitative estimate of drug-likeness (QED) is 0.815. The summed E-state index contributed by atoms with van der Waals surface area (Å²) >= 11 is 1.50. The maximum Gasteiger partial charge on any atom is 0.273 e. The lowest BCUT2D eigenvalue weighted by Crippen LogP contribution is -2.27. The minimum absolute atomic E-state index is 0.0668. The third-order valence-corrected chi connectivity index (χ3v) is 3.78. The molecule has 0 N–H and O–H groups in total. The lowest BCUT2D eigenvalue weighted by molar-refractivity contribution is 0.0788. The van der Waals surface area contributed by atoms with Crippen molar-refractivity contribution in [3.05, 3.63) is 35.6 Å². The van der Waals surface area contributed by atoms with Gasteiger partial charge in [-0.2, -0.15) is 0 Å². The lowest BCUT2D eigenvalue weighted by Gasteiger charge is -2.12. The summed E-state index contributed by atoms with van der Waals surface area (Å²) in [4.78, 5) is 18.4. The summed E-state index contributed by atoms with van der Waals surface area (Å²) in [6, 6.07) is 3.90. The molecule has 1 aliphatic rings. The Morgan fingerprint density at radius 3 is 2.65 bits per heavy atom. The van der Waals surface area contributed by atoms with Crippen LogP contribution < -0.4 is 0 Å². The first kappa shape index (κ1) is 10.5. The van der Waals surface area contributed by atoms with Gasteiger partial charge < -0.3 is 9.47 Å². The van der Waals surface area contributed by atoms with Crippen molar-refractivity contribution in [2.24, 2.45) is 0 Å². The molecule has 1 fully saturated rings. The molecule has 0 unspecified atom stereocenters. The zero-order valence-electron chi connectivity index (χ0n) is 9.37. The Hall–Kier alpha value is -1.62. The minimum atomic E-state index is 0.0668. The summed E-state index contributed by atoms with van der Waals surface area (Å²) < 4.78 is 1.92. The van der Waals surface area contributed by atoms with Gasteiger partial charge in [0.15, 0.2) is 5.13 Å². The Morgan fingerprint density at radius 2 is 1.94 bits per heavy atom. The van der Waals surface area contributed by atoms with Crippen molar-refractivity contribution >= 4 is 17.2 Å². The third kappa shape index (κ3) is 1.98. The van der Waals surface area contributed by atoms with Crippen molar-refractivity contribution in [2.75, 3.05) is 13.1 Å². The molecule has 17 heavy (non-hydrogen) atoms. The van der Waals surface area contributed by atoms with Crippen molar-refractivity contribution < 1.29 is 4.79 Å². The van der Waals surface area contributed by atoms with Crippen molar-refractivity contribution in [1.29, 1.82) is 0 Å². The fourth-order valence-electron chi connectivity index (χ4n) is 2.03. The normalized spacial score (nSPS) is 15.4. The summed E-state index contributed by atoms with van der Waals surface area (Å²) in [6.45, 7) is 1.74. The topological polar surface area (TPSA) is 38.1 Å². The van der Waals surface area contributed by atoms with Crippen LogP contribution in [0.1, 0.15) is 23.3 Å². The lowest BCUT2D eigenvalue weighted by atomic mass is 10.4. The second-order valence-corrected chi connectivity index (χ2v) is 4.94. The van der Waals surface area contributed by atoms with E-state index in [1.165, 1.54) is 11.3 Å². The molecule has 0 bridgehead atoms. The maximum absolute atomic E-state index is 12.1. The van der Waals surface area contributed by atoms with E-state index < -0.39 is 0 Å². The SMILES string of the molecule is O=C(c1csc(-n2cccc2)n1)N1CCCC1. The molecular formula is C12H13N3OS. The fourth-order valence-corrected chi connectivity index (χ4v) is 2.79. The molecule has 0 saturated carbocycles. The van der Waals surface area contributed by atoms with Crippen molar-refractivity contribution in [1.82, 2.24) is 14.5 Å². The van der Waals surface area contributed by atoms with Crippen LogP contribution in [-0.4, -0.2) is 33.4 Å². The van der Waals surface area contributed by atoms with Crippen LogP contribution in [0.4, 0.5) is 0 Å².